The number of hydrogen-bond acceptors (Lipinski definition) is 3. The molecule has 5 nitrogen and oxygen atoms in total. The second kappa shape index (κ2) is 5.00. The third-order valence-corrected chi connectivity index (χ3v) is 3.83. The van der Waals surface area contributed by atoms with E-state index in [0.717, 1.165) is 5.56 Å². The number of fused-ring (bicyclic) bond motifs is 2. The van der Waals surface area contributed by atoms with Gasteiger partial charge in [-0.15, -0.1) is 0 Å². The molecule has 1 fully saturated rings. The first-order chi connectivity index (χ1) is 9.66. The Morgan fingerprint density at radius 2 is 2.00 bits per heavy atom. The molecule has 104 valence electrons. The van der Waals surface area contributed by atoms with Crippen LogP contribution in [0.25, 0.3) is 0 Å². The van der Waals surface area contributed by atoms with E-state index in [1.807, 2.05) is 42.5 Å². The molecular formula is C15H15NO4. The van der Waals surface area contributed by atoms with E-state index < -0.39 is 18.1 Å². The molecule has 1 aliphatic heterocycles. The number of amides is 1. The van der Waals surface area contributed by atoms with Crippen molar-refractivity contribution in [3.63, 3.8) is 0 Å². The van der Waals surface area contributed by atoms with Crippen LogP contribution in [0.4, 0.5) is 4.79 Å². The van der Waals surface area contributed by atoms with Crippen LogP contribution in [0.1, 0.15) is 12.0 Å². The largest absolute Gasteiger partial charge is 0.480 e. The van der Waals surface area contributed by atoms with Gasteiger partial charge in [0.05, 0.1) is 6.04 Å². The molecule has 2 aliphatic rings. The lowest BCUT2D eigenvalue weighted by Gasteiger charge is -2.28. The number of carboxylic acid groups (broad SMARTS) is 1. The molecule has 3 atom stereocenters. The summed E-state index contributed by atoms with van der Waals surface area (Å²) in [6.07, 6.45) is 3.88. The molecule has 5 heteroatoms. The van der Waals surface area contributed by atoms with Gasteiger partial charge in [0, 0.05) is 5.92 Å². The average molecular weight is 273 g/mol. The maximum absolute atomic E-state index is 12.1. The number of nitrogens with zero attached hydrogens (tertiary/aromatic N) is 1. The van der Waals surface area contributed by atoms with Gasteiger partial charge in [0.15, 0.2) is 0 Å². The highest BCUT2D eigenvalue weighted by Crippen LogP contribution is 2.37. The third kappa shape index (κ3) is 2.15. The molecule has 0 aromatic heterocycles. The van der Waals surface area contributed by atoms with E-state index in [0.29, 0.717) is 6.42 Å². The number of likely N-dealkylation sites (tertiary alicyclic amines) is 1. The van der Waals surface area contributed by atoms with E-state index in [1.165, 1.54) is 4.90 Å². The molecule has 1 saturated heterocycles. The molecule has 20 heavy (non-hydrogen) atoms. The highest BCUT2D eigenvalue weighted by molar-refractivity contribution is 5.82. The van der Waals surface area contributed by atoms with Crippen LogP contribution in [0.5, 0.6) is 0 Å². The van der Waals surface area contributed by atoms with E-state index in [-0.39, 0.29) is 18.6 Å². The number of ether oxygens (including phenoxy) is 1. The van der Waals surface area contributed by atoms with Gasteiger partial charge >= 0.3 is 12.1 Å². The SMILES string of the molecule is O=C(O)[C@@H]1[C@H]2C=CC(C2)N1C(=O)OCc1ccccc1. The van der Waals surface area contributed by atoms with Crippen LogP contribution in [0.2, 0.25) is 0 Å². The Kier molecular flexibility index (Phi) is 3.18. The summed E-state index contributed by atoms with van der Waals surface area (Å²) in [6, 6.07) is 8.39. The number of hydrogen-bond donors (Lipinski definition) is 1. The summed E-state index contributed by atoms with van der Waals surface area (Å²) in [5.74, 6) is -1.07. The standard InChI is InChI=1S/C15H15NO4/c17-14(18)13-11-6-7-12(8-11)16(13)15(19)20-9-10-4-2-1-3-5-10/h1-7,11-13H,8-9H2,(H,17,18)/t11-,12?,13-/m0/s1. The van der Waals surface area contributed by atoms with Gasteiger partial charge in [0.2, 0.25) is 0 Å². The van der Waals surface area contributed by atoms with E-state index in [1.54, 1.807) is 0 Å². The van der Waals surface area contributed by atoms with Gasteiger partial charge in [-0.1, -0.05) is 42.5 Å². The number of carbonyl (C=O) groups is 2. The van der Waals surface area contributed by atoms with Crippen LogP contribution in [0.15, 0.2) is 42.5 Å². The van der Waals surface area contributed by atoms with E-state index in [2.05, 4.69) is 0 Å². The Balaban J connectivity index is 1.68. The zero-order chi connectivity index (χ0) is 14.1. The minimum absolute atomic E-state index is 0.0956. The van der Waals surface area contributed by atoms with Gasteiger partial charge in [-0.05, 0) is 12.0 Å². The zero-order valence-corrected chi connectivity index (χ0v) is 10.8. The molecule has 0 saturated carbocycles. The smallest absolute Gasteiger partial charge is 0.411 e. The molecule has 0 spiro atoms. The Morgan fingerprint density at radius 1 is 1.25 bits per heavy atom. The molecule has 1 heterocycles. The van der Waals surface area contributed by atoms with Gasteiger partial charge in [0.1, 0.15) is 12.6 Å². The zero-order valence-electron chi connectivity index (χ0n) is 10.8. The van der Waals surface area contributed by atoms with Gasteiger partial charge in [0.25, 0.3) is 0 Å². The maximum Gasteiger partial charge on any atom is 0.411 e. The summed E-state index contributed by atoms with van der Waals surface area (Å²) in [7, 11) is 0. The van der Waals surface area contributed by atoms with Gasteiger partial charge in [-0.25, -0.2) is 9.59 Å². The predicted octanol–water partition coefficient (Wildman–Crippen LogP) is 2.04. The highest BCUT2D eigenvalue weighted by atomic mass is 16.6. The molecule has 1 unspecified atom stereocenters. The number of carbonyl (C=O) groups excluding carboxylic acids is 1. The van der Waals surface area contributed by atoms with Gasteiger partial charge < -0.3 is 9.84 Å². The van der Waals surface area contributed by atoms with Crippen LogP contribution in [-0.4, -0.2) is 34.2 Å². The second-order valence-corrected chi connectivity index (χ2v) is 5.08. The first-order valence-electron chi connectivity index (χ1n) is 6.57. The summed E-state index contributed by atoms with van der Waals surface area (Å²) in [5, 5.41) is 9.26. The maximum atomic E-state index is 12.1. The normalized spacial score (nSPS) is 26.8. The minimum atomic E-state index is -0.974. The first-order valence-corrected chi connectivity index (χ1v) is 6.57. The number of carboxylic acids is 1. The Morgan fingerprint density at radius 3 is 2.70 bits per heavy atom. The minimum Gasteiger partial charge on any atom is -0.480 e. The lowest BCUT2D eigenvalue weighted by molar-refractivity contribution is -0.143. The van der Waals surface area contributed by atoms with Crippen molar-refractivity contribution in [2.75, 3.05) is 0 Å². The summed E-state index contributed by atoms with van der Waals surface area (Å²) < 4.78 is 5.23. The molecule has 2 bridgehead atoms. The highest BCUT2D eigenvalue weighted by Gasteiger charge is 2.49. The average Bonchev–Trinajstić information content (AvgIpc) is 3.06. The fraction of sp³-hybridized carbons (Fsp3) is 0.333. The van der Waals surface area contributed by atoms with Crippen molar-refractivity contribution in [2.45, 2.75) is 25.1 Å². The van der Waals surface area contributed by atoms with E-state index in [9.17, 15) is 14.7 Å². The van der Waals surface area contributed by atoms with Crippen molar-refractivity contribution in [1.29, 1.82) is 0 Å². The number of rotatable bonds is 3. The topological polar surface area (TPSA) is 66.8 Å². The molecule has 3 rings (SSSR count). The predicted molar refractivity (Wildman–Crippen MR) is 70.9 cm³/mol. The van der Waals surface area contributed by atoms with Crippen molar-refractivity contribution < 1.29 is 19.4 Å². The van der Waals surface area contributed by atoms with Gasteiger partial charge in [-0.2, -0.15) is 0 Å². The third-order valence-electron chi connectivity index (χ3n) is 3.83. The quantitative estimate of drug-likeness (QED) is 0.856. The lowest BCUT2D eigenvalue weighted by atomic mass is 10.0. The van der Waals surface area contributed by atoms with Crippen molar-refractivity contribution >= 4 is 12.1 Å². The summed E-state index contributed by atoms with van der Waals surface area (Å²) >= 11 is 0. The van der Waals surface area contributed by atoms with Crippen LogP contribution in [0, 0.1) is 5.92 Å². The van der Waals surface area contributed by atoms with Gasteiger partial charge in [-0.3, -0.25) is 4.90 Å². The molecule has 1 aromatic carbocycles. The van der Waals surface area contributed by atoms with Crippen molar-refractivity contribution in [1.82, 2.24) is 4.90 Å². The summed E-state index contributed by atoms with van der Waals surface area (Å²) in [6.45, 7) is 0.156. The van der Waals surface area contributed by atoms with Crippen LogP contribution >= 0.6 is 0 Å². The van der Waals surface area contributed by atoms with E-state index >= 15 is 0 Å². The van der Waals surface area contributed by atoms with Crippen LogP contribution in [0.3, 0.4) is 0 Å². The number of benzene rings is 1. The summed E-state index contributed by atoms with van der Waals surface area (Å²) in [4.78, 5) is 24.8. The fourth-order valence-corrected chi connectivity index (χ4v) is 2.90. The monoisotopic (exact) mass is 273 g/mol. The Bertz CT molecular complexity index is 554. The molecule has 1 amide bonds. The first kappa shape index (κ1) is 12.7. The fourth-order valence-electron chi connectivity index (χ4n) is 2.90. The molecule has 1 N–H and O–H groups in total. The molecule has 1 aliphatic carbocycles. The van der Waals surface area contributed by atoms with E-state index in [4.69, 9.17) is 4.74 Å². The van der Waals surface area contributed by atoms with Crippen LogP contribution in [-0.2, 0) is 16.1 Å². The second-order valence-electron chi connectivity index (χ2n) is 5.08. The molecule has 0 radical (unpaired) electrons. The molecular weight excluding hydrogens is 258 g/mol. The number of aliphatic carboxylic acids is 1. The summed E-state index contributed by atoms with van der Waals surface area (Å²) in [5.41, 5.74) is 0.882. The lowest BCUT2D eigenvalue weighted by Crippen LogP contribution is -2.47. The molecule has 1 aromatic rings. The van der Waals surface area contributed by atoms with Crippen LogP contribution < -0.4 is 0 Å². The Hall–Kier alpha value is -2.30. The van der Waals surface area contributed by atoms with Crippen molar-refractivity contribution in [2.24, 2.45) is 5.92 Å². The van der Waals surface area contributed by atoms with Crippen molar-refractivity contribution in [3.05, 3.63) is 48.0 Å². The Labute approximate surface area is 116 Å². The van der Waals surface area contributed by atoms with Crippen molar-refractivity contribution in [3.8, 4) is 0 Å².